The van der Waals surface area contributed by atoms with Crippen molar-refractivity contribution in [1.29, 1.82) is 0 Å². The number of rotatable bonds is 5. The first kappa shape index (κ1) is 18.4. The van der Waals surface area contributed by atoms with Gasteiger partial charge in [0.2, 0.25) is 5.91 Å². The van der Waals surface area contributed by atoms with Crippen LogP contribution in [-0.4, -0.2) is 29.6 Å². The molecule has 1 rings (SSSR count). The van der Waals surface area contributed by atoms with Gasteiger partial charge in [0.1, 0.15) is 5.60 Å². The van der Waals surface area contributed by atoms with Gasteiger partial charge in [0.15, 0.2) is 0 Å². The van der Waals surface area contributed by atoms with E-state index in [4.69, 9.17) is 4.74 Å². The van der Waals surface area contributed by atoms with Crippen LogP contribution in [0.3, 0.4) is 0 Å². The number of nitro groups is 1. The molecule has 8 heteroatoms. The summed E-state index contributed by atoms with van der Waals surface area (Å²) in [4.78, 5) is 33.7. The largest absolute Gasteiger partial charge is 0.444 e. The van der Waals surface area contributed by atoms with Gasteiger partial charge in [-0.1, -0.05) is 12.1 Å². The molecule has 2 amide bonds. The average molecular weight is 323 g/mol. The molecule has 0 radical (unpaired) electrons. The van der Waals surface area contributed by atoms with E-state index in [0.29, 0.717) is 5.56 Å². The Hall–Kier alpha value is -2.64. The highest BCUT2D eigenvalue weighted by Crippen LogP contribution is 2.21. The Labute approximate surface area is 134 Å². The van der Waals surface area contributed by atoms with Gasteiger partial charge in [-0.25, -0.2) is 4.79 Å². The Kier molecular flexibility index (Phi) is 6.06. The van der Waals surface area contributed by atoms with Crippen LogP contribution in [0.15, 0.2) is 24.3 Å². The van der Waals surface area contributed by atoms with Crippen molar-refractivity contribution in [3.8, 4) is 0 Å². The Morgan fingerprint density at radius 2 is 1.83 bits per heavy atom. The Morgan fingerprint density at radius 3 is 2.26 bits per heavy atom. The highest BCUT2D eigenvalue weighted by Gasteiger charge is 2.22. The molecule has 0 aliphatic heterocycles. The molecule has 23 heavy (non-hydrogen) atoms. The molecule has 0 aromatic heterocycles. The lowest BCUT2D eigenvalue weighted by Crippen LogP contribution is -2.37. The number of alkyl carbamates (subject to hydrolysis) is 1. The van der Waals surface area contributed by atoms with Crippen molar-refractivity contribution in [3.63, 3.8) is 0 Å². The van der Waals surface area contributed by atoms with E-state index in [1.54, 1.807) is 20.8 Å². The molecule has 0 saturated carbocycles. The first-order valence-electron chi connectivity index (χ1n) is 7.07. The standard InChI is InChI=1S/C15H21N3O5/c1-15(2,3)23-14(20)17-12(9-13(19)16-4)10-5-7-11(8-6-10)18(21)22/h5-8,12H,9H2,1-4H3,(H,16,19)(H,17,20). The van der Waals surface area contributed by atoms with Gasteiger partial charge in [0, 0.05) is 19.2 Å². The molecule has 0 aliphatic carbocycles. The van der Waals surface area contributed by atoms with Crippen LogP contribution in [0.5, 0.6) is 0 Å². The second-order valence-corrected chi connectivity index (χ2v) is 5.92. The van der Waals surface area contributed by atoms with Crippen LogP contribution in [0.2, 0.25) is 0 Å². The summed E-state index contributed by atoms with van der Waals surface area (Å²) < 4.78 is 5.18. The Bertz CT molecular complexity index is 578. The van der Waals surface area contributed by atoms with E-state index in [-0.39, 0.29) is 18.0 Å². The lowest BCUT2D eigenvalue weighted by Gasteiger charge is -2.23. The number of nitrogens with one attached hydrogen (secondary N) is 2. The quantitative estimate of drug-likeness (QED) is 0.638. The van der Waals surface area contributed by atoms with Gasteiger partial charge in [-0.05, 0) is 26.3 Å². The fraction of sp³-hybridized carbons (Fsp3) is 0.467. The molecule has 1 atom stereocenters. The predicted octanol–water partition coefficient (Wildman–Crippen LogP) is 2.30. The number of benzene rings is 1. The van der Waals surface area contributed by atoms with Crippen molar-refractivity contribution in [3.05, 3.63) is 39.9 Å². The van der Waals surface area contributed by atoms with Crippen molar-refractivity contribution in [2.24, 2.45) is 0 Å². The molecular weight excluding hydrogens is 302 g/mol. The van der Waals surface area contributed by atoms with Crippen LogP contribution in [-0.2, 0) is 9.53 Å². The Balaban J connectivity index is 2.93. The minimum absolute atomic E-state index is 0.00640. The Morgan fingerprint density at radius 1 is 1.26 bits per heavy atom. The number of amides is 2. The fourth-order valence-corrected chi connectivity index (χ4v) is 1.82. The van der Waals surface area contributed by atoms with Crippen LogP contribution < -0.4 is 10.6 Å². The molecule has 0 fully saturated rings. The molecule has 1 aromatic carbocycles. The van der Waals surface area contributed by atoms with Gasteiger partial charge in [-0.2, -0.15) is 0 Å². The molecule has 8 nitrogen and oxygen atoms in total. The van der Waals surface area contributed by atoms with Crippen molar-refractivity contribution in [2.75, 3.05) is 7.05 Å². The maximum Gasteiger partial charge on any atom is 0.408 e. The zero-order valence-corrected chi connectivity index (χ0v) is 13.6. The first-order chi connectivity index (χ1) is 10.6. The average Bonchev–Trinajstić information content (AvgIpc) is 2.44. The van der Waals surface area contributed by atoms with Crippen molar-refractivity contribution >= 4 is 17.7 Å². The minimum atomic E-state index is -0.670. The van der Waals surface area contributed by atoms with Gasteiger partial charge < -0.3 is 15.4 Å². The number of nitrogens with zero attached hydrogens (tertiary/aromatic N) is 1. The monoisotopic (exact) mass is 323 g/mol. The van der Waals surface area contributed by atoms with Gasteiger partial charge >= 0.3 is 6.09 Å². The zero-order valence-electron chi connectivity index (χ0n) is 13.6. The highest BCUT2D eigenvalue weighted by molar-refractivity contribution is 5.77. The van der Waals surface area contributed by atoms with Gasteiger partial charge in [-0.3, -0.25) is 14.9 Å². The van der Waals surface area contributed by atoms with Gasteiger partial charge in [0.05, 0.1) is 17.4 Å². The van der Waals surface area contributed by atoms with E-state index >= 15 is 0 Å². The fourth-order valence-electron chi connectivity index (χ4n) is 1.82. The van der Waals surface area contributed by atoms with E-state index in [1.165, 1.54) is 31.3 Å². The molecule has 0 bridgehead atoms. The van der Waals surface area contributed by atoms with E-state index in [9.17, 15) is 19.7 Å². The molecule has 0 heterocycles. The van der Waals surface area contributed by atoms with Crippen LogP contribution in [0, 0.1) is 10.1 Å². The molecule has 0 aliphatic rings. The topological polar surface area (TPSA) is 111 Å². The second-order valence-electron chi connectivity index (χ2n) is 5.92. The third-order valence-corrected chi connectivity index (χ3v) is 2.87. The smallest absolute Gasteiger partial charge is 0.408 e. The molecule has 0 saturated heterocycles. The molecule has 126 valence electrons. The maximum atomic E-state index is 11.9. The summed E-state index contributed by atoms with van der Waals surface area (Å²) in [6.07, 6.45) is -0.669. The van der Waals surface area contributed by atoms with Crippen molar-refractivity contribution < 1.29 is 19.2 Å². The number of carbonyl (C=O) groups is 2. The molecule has 2 N–H and O–H groups in total. The summed E-state index contributed by atoms with van der Waals surface area (Å²) in [6, 6.07) is 5.00. The summed E-state index contributed by atoms with van der Waals surface area (Å²) in [5.74, 6) is -0.274. The van der Waals surface area contributed by atoms with Gasteiger partial charge in [0.25, 0.3) is 5.69 Å². The number of hydrogen-bond donors (Lipinski definition) is 2. The maximum absolute atomic E-state index is 11.9. The molecule has 1 unspecified atom stereocenters. The van der Waals surface area contributed by atoms with Crippen molar-refractivity contribution in [2.45, 2.75) is 38.8 Å². The number of nitro benzene ring substituents is 1. The lowest BCUT2D eigenvalue weighted by molar-refractivity contribution is -0.384. The van der Waals surface area contributed by atoms with Crippen LogP contribution >= 0.6 is 0 Å². The van der Waals surface area contributed by atoms with E-state index in [2.05, 4.69) is 10.6 Å². The lowest BCUT2D eigenvalue weighted by atomic mass is 10.0. The number of ether oxygens (including phenoxy) is 1. The van der Waals surface area contributed by atoms with E-state index in [1.807, 2.05) is 0 Å². The zero-order chi connectivity index (χ0) is 17.6. The first-order valence-corrected chi connectivity index (χ1v) is 7.07. The molecule has 0 spiro atoms. The minimum Gasteiger partial charge on any atom is -0.444 e. The van der Waals surface area contributed by atoms with Crippen LogP contribution in [0.1, 0.15) is 38.8 Å². The van der Waals surface area contributed by atoms with Crippen molar-refractivity contribution in [1.82, 2.24) is 10.6 Å². The van der Waals surface area contributed by atoms with Gasteiger partial charge in [-0.15, -0.1) is 0 Å². The summed E-state index contributed by atoms with van der Waals surface area (Å²) in [6.45, 7) is 5.19. The normalized spacial score (nSPS) is 12.2. The SMILES string of the molecule is CNC(=O)CC(NC(=O)OC(C)(C)C)c1ccc([N+](=O)[O-])cc1. The number of hydrogen-bond acceptors (Lipinski definition) is 5. The summed E-state index contributed by atoms with van der Waals surface area (Å²) in [7, 11) is 1.49. The summed E-state index contributed by atoms with van der Waals surface area (Å²) in [5, 5.41) is 15.8. The number of non-ortho nitro benzene ring substituents is 1. The third-order valence-electron chi connectivity index (χ3n) is 2.87. The molecule has 1 aromatic rings. The van der Waals surface area contributed by atoms with Crippen LogP contribution in [0.4, 0.5) is 10.5 Å². The highest BCUT2D eigenvalue weighted by atomic mass is 16.6. The second kappa shape index (κ2) is 7.57. The van der Waals surface area contributed by atoms with E-state index in [0.717, 1.165) is 0 Å². The predicted molar refractivity (Wildman–Crippen MR) is 83.9 cm³/mol. The third kappa shape index (κ3) is 6.33. The van der Waals surface area contributed by atoms with E-state index < -0.39 is 22.7 Å². The number of carbonyl (C=O) groups excluding carboxylic acids is 2. The van der Waals surface area contributed by atoms with Crippen LogP contribution in [0.25, 0.3) is 0 Å². The summed E-state index contributed by atoms with van der Waals surface area (Å²) in [5.41, 5.74) is -0.160. The molecular formula is C15H21N3O5. The summed E-state index contributed by atoms with van der Waals surface area (Å²) >= 11 is 0.